The first-order valence-electron chi connectivity index (χ1n) is 6.83. The lowest BCUT2D eigenvalue weighted by Crippen LogP contribution is -2.12. The first-order valence-corrected chi connectivity index (χ1v) is 6.83. The summed E-state index contributed by atoms with van der Waals surface area (Å²) in [5.74, 6) is 2.11. The van der Waals surface area contributed by atoms with Gasteiger partial charge in [-0.2, -0.15) is 0 Å². The minimum absolute atomic E-state index is 1.02. The summed E-state index contributed by atoms with van der Waals surface area (Å²) in [6.07, 6.45) is 14.8. The Labute approximate surface area is 90.5 Å². The topological polar surface area (TPSA) is 0 Å². The van der Waals surface area contributed by atoms with Gasteiger partial charge in [-0.15, -0.1) is 0 Å². The van der Waals surface area contributed by atoms with Gasteiger partial charge in [-0.25, -0.2) is 0 Å². The first-order chi connectivity index (χ1) is 6.83. The molecule has 0 atom stereocenters. The highest BCUT2D eigenvalue weighted by atomic mass is 14.2. The molecule has 0 heteroatoms. The molecule has 1 rings (SSSR count). The average molecular weight is 196 g/mol. The van der Waals surface area contributed by atoms with Gasteiger partial charge in [-0.05, 0) is 11.8 Å². The third-order valence-corrected chi connectivity index (χ3v) is 3.85. The molecule has 1 aliphatic rings. The van der Waals surface area contributed by atoms with E-state index in [1.165, 1.54) is 64.2 Å². The zero-order chi connectivity index (χ0) is 10.2. The van der Waals surface area contributed by atoms with Crippen molar-refractivity contribution < 1.29 is 0 Å². The fourth-order valence-electron chi connectivity index (χ4n) is 2.65. The molecule has 0 amide bonds. The SMILES string of the molecule is CCCCCCCC1CCC(C)CC1. The minimum atomic E-state index is 1.02. The zero-order valence-corrected chi connectivity index (χ0v) is 10.2. The second-order valence-electron chi connectivity index (χ2n) is 5.33. The van der Waals surface area contributed by atoms with Gasteiger partial charge in [0.15, 0.2) is 0 Å². The van der Waals surface area contributed by atoms with Crippen LogP contribution < -0.4 is 0 Å². The van der Waals surface area contributed by atoms with Gasteiger partial charge >= 0.3 is 0 Å². The van der Waals surface area contributed by atoms with Gasteiger partial charge in [0.2, 0.25) is 0 Å². The van der Waals surface area contributed by atoms with Crippen LogP contribution in [-0.4, -0.2) is 0 Å². The average Bonchev–Trinajstić information content (AvgIpc) is 2.21. The van der Waals surface area contributed by atoms with E-state index in [-0.39, 0.29) is 0 Å². The summed E-state index contributed by atoms with van der Waals surface area (Å²) >= 11 is 0. The summed E-state index contributed by atoms with van der Waals surface area (Å²) in [6.45, 7) is 4.71. The van der Waals surface area contributed by atoms with E-state index in [1.54, 1.807) is 0 Å². The smallest absolute Gasteiger partial charge is 0.0414 e. The summed E-state index contributed by atoms with van der Waals surface area (Å²) in [7, 11) is 0. The van der Waals surface area contributed by atoms with Gasteiger partial charge in [0, 0.05) is 0 Å². The lowest BCUT2D eigenvalue weighted by Gasteiger charge is -2.25. The largest absolute Gasteiger partial charge is 0.0654 e. The van der Waals surface area contributed by atoms with Crippen molar-refractivity contribution in [1.29, 1.82) is 0 Å². The van der Waals surface area contributed by atoms with E-state index in [1.807, 2.05) is 0 Å². The maximum atomic E-state index is 2.41. The van der Waals surface area contributed by atoms with Crippen molar-refractivity contribution in [3.63, 3.8) is 0 Å². The highest BCUT2D eigenvalue weighted by Crippen LogP contribution is 2.31. The van der Waals surface area contributed by atoms with Gasteiger partial charge < -0.3 is 0 Å². The molecule has 0 aromatic carbocycles. The Morgan fingerprint density at radius 2 is 1.50 bits per heavy atom. The highest BCUT2D eigenvalue weighted by molar-refractivity contribution is 4.69. The predicted molar refractivity (Wildman–Crippen MR) is 64.5 cm³/mol. The molecule has 0 aromatic rings. The zero-order valence-electron chi connectivity index (χ0n) is 10.2. The van der Waals surface area contributed by atoms with E-state index in [2.05, 4.69) is 13.8 Å². The maximum Gasteiger partial charge on any atom is -0.0414 e. The number of hydrogen-bond donors (Lipinski definition) is 0. The van der Waals surface area contributed by atoms with Crippen molar-refractivity contribution in [3.05, 3.63) is 0 Å². The lowest BCUT2D eigenvalue weighted by atomic mass is 9.80. The molecule has 0 heterocycles. The molecule has 0 spiro atoms. The molecule has 14 heavy (non-hydrogen) atoms. The van der Waals surface area contributed by atoms with Gasteiger partial charge in [-0.1, -0.05) is 78.1 Å². The van der Waals surface area contributed by atoms with Crippen LogP contribution in [0.3, 0.4) is 0 Å². The third-order valence-electron chi connectivity index (χ3n) is 3.85. The van der Waals surface area contributed by atoms with Crippen LogP contribution in [0.5, 0.6) is 0 Å². The van der Waals surface area contributed by atoms with Gasteiger partial charge in [0.1, 0.15) is 0 Å². The predicted octanol–water partition coefficient (Wildman–Crippen LogP) is 5.17. The van der Waals surface area contributed by atoms with E-state index >= 15 is 0 Å². The van der Waals surface area contributed by atoms with E-state index in [0.717, 1.165) is 11.8 Å². The van der Waals surface area contributed by atoms with Crippen LogP contribution in [0.2, 0.25) is 0 Å². The second kappa shape index (κ2) is 7.31. The number of rotatable bonds is 6. The fraction of sp³-hybridized carbons (Fsp3) is 1.00. The molecule has 0 aromatic heterocycles. The molecular weight excluding hydrogens is 168 g/mol. The molecule has 1 aliphatic carbocycles. The summed E-state index contributed by atoms with van der Waals surface area (Å²) in [6, 6.07) is 0. The lowest BCUT2D eigenvalue weighted by molar-refractivity contribution is 0.271. The Kier molecular flexibility index (Phi) is 6.31. The highest BCUT2D eigenvalue weighted by Gasteiger charge is 2.17. The van der Waals surface area contributed by atoms with E-state index in [0.29, 0.717) is 0 Å². The molecule has 0 unspecified atom stereocenters. The molecule has 1 fully saturated rings. The van der Waals surface area contributed by atoms with E-state index in [4.69, 9.17) is 0 Å². The molecule has 84 valence electrons. The Morgan fingerprint density at radius 3 is 2.14 bits per heavy atom. The van der Waals surface area contributed by atoms with Crippen LogP contribution in [0.25, 0.3) is 0 Å². The molecular formula is C14H28. The van der Waals surface area contributed by atoms with Crippen molar-refractivity contribution in [2.24, 2.45) is 11.8 Å². The number of hydrogen-bond acceptors (Lipinski definition) is 0. The molecule has 0 nitrogen and oxygen atoms in total. The van der Waals surface area contributed by atoms with Crippen molar-refractivity contribution in [2.75, 3.05) is 0 Å². The molecule has 0 aliphatic heterocycles. The monoisotopic (exact) mass is 196 g/mol. The van der Waals surface area contributed by atoms with Crippen LogP contribution in [0.1, 0.15) is 78.1 Å². The molecule has 0 radical (unpaired) electrons. The van der Waals surface area contributed by atoms with Gasteiger partial charge in [0.25, 0.3) is 0 Å². The van der Waals surface area contributed by atoms with Crippen LogP contribution in [0, 0.1) is 11.8 Å². The summed E-state index contributed by atoms with van der Waals surface area (Å²) < 4.78 is 0. The Balaban J connectivity index is 1.91. The normalized spacial score (nSPS) is 27.9. The Bertz CT molecular complexity index is 120. The summed E-state index contributed by atoms with van der Waals surface area (Å²) in [5, 5.41) is 0. The summed E-state index contributed by atoms with van der Waals surface area (Å²) in [4.78, 5) is 0. The Hall–Kier alpha value is 0. The van der Waals surface area contributed by atoms with E-state index in [9.17, 15) is 0 Å². The molecule has 0 saturated heterocycles. The Morgan fingerprint density at radius 1 is 0.857 bits per heavy atom. The van der Waals surface area contributed by atoms with Crippen molar-refractivity contribution >= 4 is 0 Å². The van der Waals surface area contributed by atoms with Crippen LogP contribution >= 0.6 is 0 Å². The third kappa shape index (κ3) is 5.02. The summed E-state index contributed by atoms with van der Waals surface area (Å²) in [5.41, 5.74) is 0. The van der Waals surface area contributed by atoms with Crippen LogP contribution in [0.15, 0.2) is 0 Å². The van der Waals surface area contributed by atoms with Crippen LogP contribution in [0.4, 0.5) is 0 Å². The maximum absolute atomic E-state index is 2.41. The quantitative estimate of drug-likeness (QED) is 0.514. The van der Waals surface area contributed by atoms with Gasteiger partial charge in [0.05, 0.1) is 0 Å². The molecule has 0 N–H and O–H groups in total. The first kappa shape index (κ1) is 12.1. The molecule has 1 saturated carbocycles. The molecule has 0 bridgehead atoms. The van der Waals surface area contributed by atoms with Crippen LogP contribution in [-0.2, 0) is 0 Å². The van der Waals surface area contributed by atoms with Crippen molar-refractivity contribution in [2.45, 2.75) is 78.1 Å². The van der Waals surface area contributed by atoms with Crippen molar-refractivity contribution in [3.8, 4) is 0 Å². The second-order valence-corrected chi connectivity index (χ2v) is 5.33. The minimum Gasteiger partial charge on any atom is -0.0654 e. The fourth-order valence-corrected chi connectivity index (χ4v) is 2.65. The standard InChI is InChI=1S/C14H28/c1-3-4-5-6-7-8-14-11-9-13(2)10-12-14/h13-14H,3-12H2,1-2H3. The van der Waals surface area contributed by atoms with Crippen molar-refractivity contribution in [1.82, 2.24) is 0 Å². The van der Waals surface area contributed by atoms with E-state index < -0.39 is 0 Å². The number of unbranched alkanes of at least 4 members (excludes halogenated alkanes) is 4. The van der Waals surface area contributed by atoms with Gasteiger partial charge in [-0.3, -0.25) is 0 Å².